The van der Waals surface area contributed by atoms with Gasteiger partial charge in [-0.3, -0.25) is 9.59 Å². The molecule has 36 heavy (non-hydrogen) atoms. The maximum absolute atomic E-state index is 13.6. The van der Waals surface area contributed by atoms with E-state index in [0.29, 0.717) is 36.1 Å². The van der Waals surface area contributed by atoms with Crippen molar-refractivity contribution in [3.8, 4) is 0 Å². The van der Waals surface area contributed by atoms with E-state index in [1.807, 2.05) is 36.1 Å². The van der Waals surface area contributed by atoms with E-state index in [4.69, 9.17) is 11.6 Å². The van der Waals surface area contributed by atoms with Crippen LogP contribution in [0.1, 0.15) is 54.2 Å². The maximum Gasteiger partial charge on any atom is 0.257 e. The molecule has 0 bridgehead atoms. The number of aryl methyl sites for hydroxylation is 1. The molecule has 5 rings (SSSR count). The van der Waals surface area contributed by atoms with Crippen LogP contribution >= 0.6 is 23.1 Å². The van der Waals surface area contributed by atoms with E-state index < -0.39 is 0 Å². The number of nitrogens with one attached hydrogen (secondary N) is 1. The minimum Gasteiger partial charge on any atom is -0.370 e. The van der Waals surface area contributed by atoms with Gasteiger partial charge in [-0.1, -0.05) is 36.7 Å². The van der Waals surface area contributed by atoms with Crippen molar-refractivity contribution in [3.05, 3.63) is 52.3 Å². The van der Waals surface area contributed by atoms with Gasteiger partial charge in [0.25, 0.3) is 5.91 Å². The molecule has 4 heterocycles. The van der Waals surface area contributed by atoms with Crippen molar-refractivity contribution in [2.75, 3.05) is 31.1 Å². The predicted octanol–water partition coefficient (Wildman–Crippen LogP) is 5.06. The molecule has 2 saturated heterocycles. The third-order valence-corrected chi connectivity index (χ3v) is 8.76. The summed E-state index contributed by atoms with van der Waals surface area (Å²) >= 11 is 7.61. The molecule has 0 spiro atoms. The standard InChI is InChI=1S/C27H32ClN5O2S/c1-17-7-11-33(12-8-17)27(35)21-16-30-26-23(18(2)31-36-26)24(21)32-13-9-19(10-14-32)25(34)29-15-20-5-3-4-6-22(20)28/h3-6,16-17,19H,7-15H2,1-2H3,(H,29,34). The molecule has 2 fully saturated rings. The first kappa shape index (κ1) is 25.0. The highest BCUT2D eigenvalue weighted by Crippen LogP contribution is 2.37. The number of hydrogen-bond acceptors (Lipinski definition) is 6. The van der Waals surface area contributed by atoms with E-state index >= 15 is 0 Å². The molecule has 1 N–H and O–H groups in total. The first-order chi connectivity index (χ1) is 17.4. The van der Waals surface area contributed by atoms with E-state index in [9.17, 15) is 9.59 Å². The lowest BCUT2D eigenvalue weighted by atomic mass is 9.94. The number of rotatable bonds is 5. The van der Waals surface area contributed by atoms with Gasteiger partial charge in [-0.25, -0.2) is 4.98 Å². The second kappa shape index (κ2) is 10.7. The molecule has 0 atom stereocenters. The van der Waals surface area contributed by atoms with Gasteiger partial charge in [0.2, 0.25) is 5.91 Å². The summed E-state index contributed by atoms with van der Waals surface area (Å²) < 4.78 is 4.53. The number of likely N-dealkylation sites (tertiary alicyclic amines) is 1. The number of anilines is 1. The molecule has 0 unspecified atom stereocenters. The van der Waals surface area contributed by atoms with E-state index in [-0.39, 0.29) is 17.7 Å². The van der Waals surface area contributed by atoms with Crippen LogP contribution in [0.5, 0.6) is 0 Å². The summed E-state index contributed by atoms with van der Waals surface area (Å²) in [5.74, 6) is 0.698. The van der Waals surface area contributed by atoms with Gasteiger partial charge in [0.15, 0.2) is 0 Å². The average molecular weight is 526 g/mol. The van der Waals surface area contributed by atoms with Crippen LogP contribution in [0.4, 0.5) is 5.69 Å². The number of benzene rings is 1. The Bertz CT molecular complexity index is 1260. The topological polar surface area (TPSA) is 78.4 Å². The molecule has 2 aromatic heterocycles. The van der Waals surface area contributed by atoms with Gasteiger partial charge in [0, 0.05) is 49.9 Å². The monoisotopic (exact) mass is 525 g/mol. The number of amides is 2. The lowest BCUT2D eigenvalue weighted by Crippen LogP contribution is -2.42. The number of hydrogen-bond donors (Lipinski definition) is 1. The molecule has 1 aromatic carbocycles. The van der Waals surface area contributed by atoms with Crippen LogP contribution in [0.2, 0.25) is 5.02 Å². The zero-order valence-electron chi connectivity index (χ0n) is 20.8. The van der Waals surface area contributed by atoms with E-state index in [2.05, 4.69) is 26.5 Å². The first-order valence-electron chi connectivity index (χ1n) is 12.7. The summed E-state index contributed by atoms with van der Waals surface area (Å²) in [7, 11) is 0. The maximum atomic E-state index is 13.6. The molecule has 2 aliphatic rings. The van der Waals surface area contributed by atoms with E-state index in [1.54, 1.807) is 6.20 Å². The van der Waals surface area contributed by atoms with E-state index in [1.165, 1.54) is 11.5 Å². The third kappa shape index (κ3) is 5.06. The fourth-order valence-electron chi connectivity index (χ4n) is 5.24. The van der Waals surface area contributed by atoms with Crippen LogP contribution in [0, 0.1) is 18.8 Å². The van der Waals surface area contributed by atoms with Crippen LogP contribution in [0.3, 0.4) is 0 Å². The van der Waals surface area contributed by atoms with Crippen molar-refractivity contribution in [1.29, 1.82) is 0 Å². The molecule has 9 heteroatoms. The number of pyridine rings is 1. The van der Waals surface area contributed by atoms with Gasteiger partial charge in [0.1, 0.15) is 4.83 Å². The number of halogens is 1. The largest absolute Gasteiger partial charge is 0.370 e. The number of nitrogens with zero attached hydrogens (tertiary/aromatic N) is 4. The van der Waals surface area contributed by atoms with Crippen LogP contribution in [0.15, 0.2) is 30.5 Å². The fraction of sp³-hybridized carbons (Fsp3) is 0.481. The predicted molar refractivity (Wildman–Crippen MR) is 145 cm³/mol. The number of piperidine rings is 2. The van der Waals surface area contributed by atoms with Crippen LogP contribution in [0.25, 0.3) is 10.2 Å². The lowest BCUT2D eigenvalue weighted by molar-refractivity contribution is -0.125. The normalized spacial score (nSPS) is 17.5. The highest BCUT2D eigenvalue weighted by atomic mass is 35.5. The number of carbonyl (C=O) groups excluding carboxylic acids is 2. The smallest absolute Gasteiger partial charge is 0.257 e. The van der Waals surface area contributed by atoms with Crippen LogP contribution in [-0.4, -0.2) is 52.3 Å². The Morgan fingerprint density at radius 3 is 2.56 bits per heavy atom. The highest BCUT2D eigenvalue weighted by molar-refractivity contribution is 7.13. The Morgan fingerprint density at radius 2 is 1.83 bits per heavy atom. The molecular weight excluding hydrogens is 494 g/mol. The summed E-state index contributed by atoms with van der Waals surface area (Å²) in [6.07, 6.45) is 5.25. The van der Waals surface area contributed by atoms with Crippen molar-refractivity contribution in [1.82, 2.24) is 19.6 Å². The summed E-state index contributed by atoms with van der Waals surface area (Å²) in [6.45, 7) is 7.63. The van der Waals surface area contributed by atoms with Crippen LogP contribution < -0.4 is 10.2 Å². The second-order valence-corrected chi connectivity index (χ2v) is 11.2. The molecule has 2 amide bonds. The van der Waals surface area contributed by atoms with Gasteiger partial charge >= 0.3 is 0 Å². The van der Waals surface area contributed by atoms with Crippen molar-refractivity contribution in [3.63, 3.8) is 0 Å². The Labute approximate surface area is 221 Å². The Morgan fingerprint density at radius 1 is 1.11 bits per heavy atom. The fourth-order valence-corrected chi connectivity index (χ4v) is 6.19. The molecule has 7 nitrogen and oxygen atoms in total. The number of aromatic nitrogens is 2. The molecule has 2 aliphatic heterocycles. The average Bonchev–Trinajstić information content (AvgIpc) is 3.28. The molecule has 0 aliphatic carbocycles. The van der Waals surface area contributed by atoms with Crippen molar-refractivity contribution >= 4 is 50.9 Å². The third-order valence-electron chi connectivity index (χ3n) is 7.54. The highest BCUT2D eigenvalue weighted by Gasteiger charge is 2.31. The van der Waals surface area contributed by atoms with E-state index in [0.717, 1.165) is 65.9 Å². The van der Waals surface area contributed by atoms with Crippen molar-refractivity contribution in [2.24, 2.45) is 11.8 Å². The zero-order valence-corrected chi connectivity index (χ0v) is 22.4. The summed E-state index contributed by atoms with van der Waals surface area (Å²) in [5, 5.41) is 4.69. The van der Waals surface area contributed by atoms with Crippen LogP contribution in [-0.2, 0) is 11.3 Å². The Kier molecular flexibility index (Phi) is 7.44. The number of fused-ring (bicyclic) bond motifs is 1. The minimum absolute atomic E-state index is 0.0523. The minimum atomic E-state index is -0.0644. The first-order valence-corrected chi connectivity index (χ1v) is 13.9. The molecule has 0 radical (unpaired) electrons. The Hall–Kier alpha value is -2.71. The summed E-state index contributed by atoms with van der Waals surface area (Å²) in [5.41, 5.74) is 3.41. The molecule has 3 aromatic rings. The van der Waals surface area contributed by atoms with Gasteiger partial charge in [-0.15, -0.1) is 0 Å². The van der Waals surface area contributed by atoms with Crippen molar-refractivity contribution in [2.45, 2.75) is 46.1 Å². The van der Waals surface area contributed by atoms with Gasteiger partial charge in [-0.05, 0) is 61.7 Å². The molecular formula is C27H32ClN5O2S. The number of carbonyl (C=O) groups is 2. The van der Waals surface area contributed by atoms with Crippen molar-refractivity contribution < 1.29 is 9.59 Å². The summed E-state index contributed by atoms with van der Waals surface area (Å²) in [4.78, 5) is 36.2. The molecule has 0 saturated carbocycles. The van der Waals surface area contributed by atoms with Gasteiger partial charge in [0.05, 0.1) is 22.3 Å². The molecule has 190 valence electrons. The lowest BCUT2D eigenvalue weighted by Gasteiger charge is -2.36. The van der Waals surface area contributed by atoms with Gasteiger partial charge < -0.3 is 15.1 Å². The zero-order chi connectivity index (χ0) is 25.2. The second-order valence-electron chi connectivity index (χ2n) is 10.0. The summed E-state index contributed by atoms with van der Waals surface area (Å²) in [6, 6.07) is 7.57. The quantitative estimate of drug-likeness (QED) is 0.504. The SMILES string of the molecule is Cc1nsc2ncc(C(=O)N3CCC(C)CC3)c(N3CCC(C(=O)NCc4ccccc4Cl)CC3)c12. The Balaban J connectivity index is 1.32. The van der Waals surface area contributed by atoms with Gasteiger partial charge in [-0.2, -0.15) is 4.37 Å².